The number of nitrogens with zero attached hydrogens (tertiary/aromatic N) is 1. The fraction of sp³-hybridized carbons (Fsp3) is 0.500. The van der Waals surface area contributed by atoms with Gasteiger partial charge in [-0.15, -0.1) is 0 Å². The highest BCUT2D eigenvalue weighted by Crippen LogP contribution is 2.21. The highest BCUT2D eigenvalue weighted by Gasteiger charge is 2.23. The second kappa shape index (κ2) is 7.53. The Kier molecular flexibility index (Phi) is 5.87. The number of likely N-dealkylation sites (tertiary alicyclic amines) is 1. The summed E-state index contributed by atoms with van der Waals surface area (Å²) in [6.07, 6.45) is 3.05. The Morgan fingerprint density at radius 1 is 1.38 bits per heavy atom. The molecule has 0 saturated carbocycles. The average Bonchev–Trinajstić information content (AvgIpc) is 2.51. The number of benzene rings is 1. The molecule has 0 N–H and O–H groups in total. The summed E-state index contributed by atoms with van der Waals surface area (Å²) in [6.45, 7) is 3.00. The molecule has 132 valence electrons. The van der Waals surface area contributed by atoms with Gasteiger partial charge >= 0.3 is 5.97 Å². The Morgan fingerprint density at radius 2 is 2.08 bits per heavy atom. The number of carbonyl (C=O) groups excluding carboxylic acids is 2. The fourth-order valence-corrected chi connectivity index (χ4v) is 3.45. The van der Waals surface area contributed by atoms with Crippen LogP contribution >= 0.6 is 11.6 Å². The van der Waals surface area contributed by atoms with Gasteiger partial charge in [0.15, 0.2) is 16.4 Å². The number of sulfone groups is 1. The first kappa shape index (κ1) is 18.7. The van der Waals surface area contributed by atoms with Gasteiger partial charge in [0.25, 0.3) is 5.91 Å². The van der Waals surface area contributed by atoms with Gasteiger partial charge in [-0.3, -0.25) is 4.79 Å². The third-order valence-corrected chi connectivity index (χ3v) is 5.36. The molecule has 24 heavy (non-hydrogen) atoms. The van der Waals surface area contributed by atoms with E-state index in [4.69, 9.17) is 16.3 Å². The van der Waals surface area contributed by atoms with E-state index >= 15 is 0 Å². The molecule has 1 aliphatic rings. The average molecular weight is 374 g/mol. The highest BCUT2D eigenvalue weighted by molar-refractivity contribution is 7.90. The van der Waals surface area contributed by atoms with Gasteiger partial charge in [0.1, 0.15) is 0 Å². The quantitative estimate of drug-likeness (QED) is 0.755. The molecule has 6 nitrogen and oxygen atoms in total. The van der Waals surface area contributed by atoms with E-state index in [1.165, 1.54) is 12.1 Å². The molecule has 1 aromatic rings. The second-order valence-corrected chi connectivity index (χ2v) is 8.50. The highest BCUT2D eigenvalue weighted by atomic mass is 35.5. The monoisotopic (exact) mass is 373 g/mol. The van der Waals surface area contributed by atoms with E-state index in [1.54, 1.807) is 4.90 Å². The molecule has 2 rings (SSSR count). The van der Waals surface area contributed by atoms with Crippen molar-refractivity contribution >= 4 is 33.3 Å². The zero-order chi connectivity index (χ0) is 17.9. The van der Waals surface area contributed by atoms with E-state index in [0.29, 0.717) is 19.0 Å². The van der Waals surface area contributed by atoms with Crippen LogP contribution in [0.4, 0.5) is 0 Å². The van der Waals surface area contributed by atoms with E-state index in [2.05, 4.69) is 6.92 Å². The molecule has 1 unspecified atom stereocenters. The molecular formula is C16H20ClNO5S. The molecule has 0 spiro atoms. The molecule has 1 heterocycles. The van der Waals surface area contributed by atoms with Crippen LogP contribution in [0, 0.1) is 5.92 Å². The SMILES string of the molecule is CC1CCCN(C(=O)COC(=O)c2cc(S(C)(=O)=O)ccc2Cl)C1. The van der Waals surface area contributed by atoms with Gasteiger partial charge in [-0.25, -0.2) is 13.2 Å². The summed E-state index contributed by atoms with van der Waals surface area (Å²) in [6, 6.07) is 3.80. The Labute approximate surface area is 146 Å². The van der Waals surface area contributed by atoms with Crippen LogP contribution in [0.5, 0.6) is 0 Å². The normalized spacial score (nSPS) is 18.3. The van der Waals surface area contributed by atoms with Crippen molar-refractivity contribution in [1.29, 1.82) is 0 Å². The third kappa shape index (κ3) is 4.70. The van der Waals surface area contributed by atoms with Crippen LogP contribution in [0.2, 0.25) is 5.02 Å². The topological polar surface area (TPSA) is 80.8 Å². The lowest BCUT2D eigenvalue weighted by Gasteiger charge is -2.30. The van der Waals surface area contributed by atoms with E-state index in [9.17, 15) is 18.0 Å². The predicted molar refractivity (Wildman–Crippen MR) is 89.8 cm³/mol. The maximum absolute atomic E-state index is 12.1. The first-order chi connectivity index (χ1) is 11.2. The van der Waals surface area contributed by atoms with Crippen LogP contribution < -0.4 is 0 Å². The Bertz CT molecular complexity index is 747. The Morgan fingerprint density at radius 3 is 2.71 bits per heavy atom. The molecule has 1 saturated heterocycles. The first-order valence-electron chi connectivity index (χ1n) is 7.63. The summed E-state index contributed by atoms with van der Waals surface area (Å²) in [5.74, 6) is -0.645. The summed E-state index contributed by atoms with van der Waals surface area (Å²) >= 11 is 5.93. The molecule has 0 radical (unpaired) electrons. The number of piperidine rings is 1. The number of amides is 1. The lowest BCUT2D eigenvalue weighted by Crippen LogP contribution is -2.41. The van der Waals surface area contributed by atoms with Crippen LogP contribution in [0.25, 0.3) is 0 Å². The molecule has 1 aliphatic heterocycles. The van der Waals surface area contributed by atoms with Crippen LogP contribution in [0.3, 0.4) is 0 Å². The van der Waals surface area contributed by atoms with Crippen molar-refractivity contribution < 1.29 is 22.7 Å². The van der Waals surface area contributed by atoms with Crippen LogP contribution in [0.15, 0.2) is 23.1 Å². The predicted octanol–water partition coefficient (Wildman–Crippen LogP) is 2.16. The third-order valence-electron chi connectivity index (χ3n) is 3.92. The molecule has 0 bridgehead atoms. The van der Waals surface area contributed by atoms with E-state index in [1.807, 2.05) is 0 Å². The summed E-state index contributed by atoms with van der Waals surface area (Å²) in [4.78, 5) is 25.9. The summed E-state index contributed by atoms with van der Waals surface area (Å²) in [5, 5.41) is 0.0754. The number of esters is 1. The van der Waals surface area contributed by atoms with Crippen molar-refractivity contribution in [1.82, 2.24) is 4.90 Å². The number of carbonyl (C=O) groups is 2. The zero-order valence-corrected chi connectivity index (χ0v) is 15.2. The van der Waals surface area contributed by atoms with Crippen molar-refractivity contribution in [2.75, 3.05) is 26.0 Å². The molecule has 0 aromatic heterocycles. The maximum Gasteiger partial charge on any atom is 0.340 e. The number of hydrogen-bond acceptors (Lipinski definition) is 5. The molecule has 0 aliphatic carbocycles. The lowest BCUT2D eigenvalue weighted by molar-refractivity contribution is -0.136. The van der Waals surface area contributed by atoms with E-state index < -0.39 is 15.8 Å². The van der Waals surface area contributed by atoms with Crippen molar-refractivity contribution in [2.24, 2.45) is 5.92 Å². The van der Waals surface area contributed by atoms with Gasteiger partial charge in [0, 0.05) is 19.3 Å². The Hall–Kier alpha value is -1.60. The number of halogens is 1. The van der Waals surface area contributed by atoms with Crippen molar-refractivity contribution in [3.05, 3.63) is 28.8 Å². The minimum Gasteiger partial charge on any atom is -0.452 e. The smallest absolute Gasteiger partial charge is 0.340 e. The van der Waals surface area contributed by atoms with Gasteiger partial charge in [0.2, 0.25) is 0 Å². The van der Waals surface area contributed by atoms with Crippen molar-refractivity contribution in [2.45, 2.75) is 24.7 Å². The fourth-order valence-electron chi connectivity index (χ4n) is 2.60. The summed E-state index contributed by atoms with van der Waals surface area (Å²) < 4.78 is 28.2. The summed E-state index contributed by atoms with van der Waals surface area (Å²) in [5.41, 5.74) is -0.0700. The minimum atomic E-state index is -3.47. The molecular weight excluding hydrogens is 354 g/mol. The van der Waals surface area contributed by atoms with Gasteiger partial charge < -0.3 is 9.64 Å². The minimum absolute atomic E-state index is 0.0324. The molecule has 8 heteroatoms. The summed E-state index contributed by atoms with van der Waals surface area (Å²) in [7, 11) is -3.47. The van der Waals surface area contributed by atoms with Crippen LogP contribution in [0.1, 0.15) is 30.1 Å². The second-order valence-electron chi connectivity index (χ2n) is 6.08. The van der Waals surface area contributed by atoms with E-state index in [0.717, 1.165) is 25.2 Å². The molecule has 1 aromatic carbocycles. The van der Waals surface area contributed by atoms with Gasteiger partial charge in [-0.05, 0) is 37.0 Å². The van der Waals surface area contributed by atoms with Crippen LogP contribution in [-0.4, -0.2) is 51.1 Å². The van der Waals surface area contributed by atoms with Crippen molar-refractivity contribution in [3.63, 3.8) is 0 Å². The van der Waals surface area contributed by atoms with Gasteiger partial charge in [0.05, 0.1) is 15.5 Å². The number of ether oxygens (including phenoxy) is 1. The van der Waals surface area contributed by atoms with Crippen LogP contribution in [-0.2, 0) is 19.4 Å². The first-order valence-corrected chi connectivity index (χ1v) is 9.90. The number of hydrogen-bond donors (Lipinski definition) is 0. The van der Waals surface area contributed by atoms with Gasteiger partial charge in [-0.1, -0.05) is 18.5 Å². The van der Waals surface area contributed by atoms with E-state index in [-0.39, 0.29) is 28.0 Å². The molecule has 1 fully saturated rings. The largest absolute Gasteiger partial charge is 0.452 e. The standard InChI is InChI=1S/C16H20ClNO5S/c1-11-4-3-7-18(9-11)15(19)10-23-16(20)13-8-12(24(2,21)22)5-6-14(13)17/h5-6,8,11H,3-4,7,9-10H2,1-2H3. The zero-order valence-electron chi connectivity index (χ0n) is 13.6. The lowest BCUT2D eigenvalue weighted by atomic mass is 10.0. The molecule has 1 atom stereocenters. The van der Waals surface area contributed by atoms with Gasteiger partial charge in [-0.2, -0.15) is 0 Å². The Balaban J connectivity index is 2.03. The molecule has 1 amide bonds. The maximum atomic E-state index is 12.1. The number of rotatable bonds is 4. The van der Waals surface area contributed by atoms with Crippen molar-refractivity contribution in [3.8, 4) is 0 Å².